The number of rotatable bonds is 9. The zero-order valence-corrected chi connectivity index (χ0v) is 20.3. The normalized spacial score (nSPS) is 11.2. The molecule has 2 aromatic carbocycles. The Morgan fingerprint density at radius 1 is 1.00 bits per heavy atom. The van der Waals surface area contributed by atoms with Gasteiger partial charge in [0.2, 0.25) is 0 Å². The third-order valence-electron chi connectivity index (χ3n) is 4.99. The van der Waals surface area contributed by atoms with Gasteiger partial charge in [-0.15, -0.1) is 0 Å². The van der Waals surface area contributed by atoms with Crippen LogP contribution < -0.4 is 20.7 Å². The van der Waals surface area contributed by atoms with Crippen molar-refractivity contribution in [1.29, 1.82) is 0 Å². The minimum absolute atomic E-state index is 0.0601. The quantitative estimate of drug-likeness (QED) is 0.311. The van der Waals surface area contributed by atoms with E-state index in [1.807, 2.05) is 0 Å². The highest BCUT2D eigenvalue weighted by molar-refractivity contribution is 6.39. The number of halogens is 1. The lowest BCUT2D eigenvalue weighted by molar-refractivity contribution is -0.136. The molecule has 0 fully saturated rings. The van der Waals surface area contributed by atoms with E-state index >= 15 is 0 Å². The molecule has 9 nitrogen and oxygen atoms in total. The van der Waals surface area contributed by atoms with Gasteiger partial charge in [0.15, 0.2) is 0 Å². The highest BCUT2D eigenvalue weighted by Crippen LogP contribution is 2.29. The molecule has 186 valence electrons. The number of amides is 2. The second kappa shape index (κ2) is 11.6. The summed E-state index contributed by atoms with van der Waals surface area (Å²) in [5, 5.41) is 8.45. The minimum Gasteiger partial charge on any atom is -0.491 e. The van der Waals surface area contributed by atoms with Crippen molar-refractivity contribution in [1.82, 2.24) is 15.3 Å². The van der Waals surface area contributed by atoms with E-state index < -0.39 is 17.6 Å². The van der Waals surface area contributed by atoms with E-state index in [0.717, 1.165) is 6.42 Å². The van der Waals surface area contributed by atoms with E-state index in [9.17, 15) is 14.0 Å². The number of aromatic nitrogens is 2. The number of hydrogen-bond acceptors (Lipinski definition) is 7. The first kappa shape index (κ1) is 25.8. The Balaban J connectivity index is 1.64. The van der Waals surface area contributed by atoms with Gasteiger partial charge in [-0.25, -0.2) is 14.4 Å². The van der Waals surface area contributed by atoms with Crippen molar-refractivity contribution in [2.45, 2.75) is 27.2 Å². The van der Waals surface area contributed by atoms with Crippen LogP contribution in [0.15, 0.2) is 42.7 Å². The molecule has 3 rings (SSSR count). The summed E-state index contributed by atoms with van der Waals surface area (Å²) >= 11 is 0. The van der Waals surface area contributed by atoms with Gasteiger partial charge in [0.05, 0.1) is 17.5 Å². The summed E-state index contributed by atoms with van der Waals surface area (Å²) < 4.78 is 25.3. The van der Waals surface area contributed by atoms with E-state index in [2.05, 4.69) is 46.7 Å². The van der Waals surface area contributed by atoms with Crippen LogP contribution in [0.4, 0.5) is 21.6 Å². The molecule has 2 amide bonds. The fourth-order valence-electron chi connectivity index (χ4n) is 3.13. The Morgan fingerprint density at radius 3 is 2.40 bits per heavy atom. The number of nitrogens with zero attached hydrogens (tertiary/aromatic N) is 2. The maximum atomic E-state index is 14.8. The second-order valence-corrected chi connectivity index (χ2v) is 9.09. The SMILES string of the molecule is COCCOc1cc(F)c2c(Nc3ccc(NC(=O)C(=O)NCCC(C)(C)C)cc3)ncnc2c1. The van der Waals surface area contributed by atoms with Crippen LogP contribution in [-0.4, -0.2) is 48.7 Å². The monoisotopic (exact) mass is 483 g/mol. The fourth-order valence-corrected chi connectivity index (χ4v) is 3.13. The Kier molecular flexibility index (Phi) is 8.53. The summed E-state index contributed by atoms with van der Waals surface area (Å²) in [6.45, 7) is 7.27. The first-order valence-corrected chi connectivity index (χ1v) is 11.2. The summed E-state index contributed by atoms with van der Waals surface area (Å²) in [6.07, 6.45) is 2.09. The van der Waals surface area contributed by atoms with Crippen molar-refractivity contribution < 1.29 is 23.5 Å². The molecule has 0 aliphatic rings. The van der Waals surface area contributed by atoms with Crippen molar-refractivity contribution in [3.05, 3.63) is 48.5 Å². The third kappa shape index (κ3) is 7.61. The van der Waals surface area contributed by atoms with Gasteiger partial charge in [-0.3, -0.25) is 9.59 Å². The zero-order valence-electron chi connectivity index (χ0n) is 20.3. The predicted octanol–water partition coefficient (Wildman–Crippen LogP) is 4.03. The Morgan fingerprint density at radius 2 is 1.71 bits per heavy atom. The maximum absolute atomic E-state index is 14.8. The zero-order chi connectivity index (χ0) is 25.4. The predicted molar refractivity (Wildman–Crippen MR) is 132 cm³/mol. The minimum atomic E-state index is -0.744. The summed E-state index contributed by atoms with van der Waals surface area (Å²) in [6, 6.07) is 9.53. The average Bonchev–Trinajstić information content (AvgIpc) is 2.79. The van der Waals surface area contributed by atoms with Crippen LogP contribution in [0.1, 0.15) is 27.2 Å². The Hall–Kier alpha value is -3.79. The van der Waals surface area contributed by atoms with Crippen LogP contribution in [0.5, 0.6) is 5.75 Å². The third-order valence-corrected chi connectivity index (χ3v) is 4.99. The summed E-state index contributed by atoms with van der Waals surface area (Å²) in [5.74, 6) is -1.33. The molecule has 3 N–H and O–H groups in total. The molecule has 10 heteroatoms. The molecular formula is C25H30FN5O4. The molecule has 1 heterocycles. The topological polar surface area (TPSA) is 114 Å². The number of carbonyl (C=O) groups excluding carboxylic acids is 2. The number of anilines is 3. The van der Waals surface area contributed by atoms with E-state index in [1.54, 1.807) is 37.4 Å². The summed E-state index contributed by atoms with van der Waals surface area (Å²) in [5.41, 5.74) is 1.50. The van der Waals surface area contributed by atoms with Gasteiger partial charge < -0.3 is 25.4 Å². The highest BCUT2D eigenvalue weighted by atomic mass is 19.1. The number of carbonyl (C=O) groups is 2. The molecule has 0 aliphatic heterocycles. The van der Waals surface area contributed by atoms with Crippen LogP contribution in [0.25, 0.3) is 10.9 Å². The van der Waals surface area contributed by atoms with Crippen molar-refractivity contribution >= 4 is 39.9 Å². The number of hydrogen-bond donors (Lipinski definition) is 3. The average molecular weight is 484 g/mol. The summed E-state index contributed by atoms with van der Waals surface area (Å²) in [4.78, 5) is 32.4. The molecule has 0 radical (unpaired) electrons. The molecule has 35 heavy (non-hydrogen) atoms. The van der Waals surface area contributed by atoms with Crippen molar-refractivity contribution in [2.24, 2.45) is 5.41 Å². The van der Waals surface area contributed by atoms with Gasteiger partial charge in [-0.05, 0) is 36.1 Å². The molecule has 3 aromatic rings. The number of ether oxygens (including phenoxy) is 2. The van der Waals surface area contributed by atoms with Crippen LogP contribution in [0.2, 0.25) is 0 Å². The highest BCUT2D eigenvalue weighted by Gasteiger charge is 2.16. The molecule has 0 saturated carbocycles. The van der Waals surface area contributed by atoms with Crippen LogP contribution in [-0.2, 0) is 14.3 Å². The van der Waals surface area contributed by atoms with E-state index in [4.69, 9.17) is 9.47 Å². The van der Waals surface area contributed by atoms with Gasteiger partial charge in [-0.2, -0.15) is 0 Å². The lowest BCUT2D eigenvalue weighted by Gasteiger charge is -2.17. The summed E-state index contributed by atoms with van der Waals surface area (Å²) in [7, 11) is 1.56. The molecular weight excluding hydrogens is 453 g/mol. The number of methoxy groups -OCH3 is 1. The van der Waals surface area contributed by atoms with Crippen molar-refractivity contribution in [3.8, 4) is 5.75 Å². The number of fused-ring (bicyclic) bond motifs is 1. The lowest BCUT2D eigenvalue weighted by Crippen LogP contribution is -2.36. The molecule has 0 spiro atoms. The van der Waals surface area contributed by atoms with E-state index in [-0.39, 0.29) is 16.6 Å². The van der Waals surface area contributed by atoms with Gasteiger partial charge in [0.1, 0.15) is 30.3 Å². The van der Waals surface area contributed by atoms with E-state index in [1.165, 1.54) is 12.4 Å². The molecule has 1 aromatic heterocycles. The standard InChI is InChI=1S/C25H30FN5O4/c1-25(2,3)9-10-27-23(32)24(33)31-17-7-5-16(6-8-17)30-22-21-19(26)13-18(35-12-11-34-4)14-20(21)28-15-29-22/h5-8,13-15H,9-12H2,1-4H3,(H,27,32)(H,31,33)(H,28,29,30). The number of nitrogens with one attached hydrogen (secondary N) is 3. The Labute approximate surface area is 203 Å². The molecule has 0 atom stereocenters. The van der Waals surface area contributed by atoms with E-state index in [0.29, 0.717) is 42.4 Å². The fraction of sp³-hybridized carbons (Fsp3) is 0.360. The van der Waals surface area contributed by atoms with Crippen LogP contribution in [0, 0.1) is 11.2 Å². The first-order chi connectivity index (χ1) is 16.7. The molecule has 0 aliphatic carbocycles. The Bertz CT molecular complexity index is 1180. The first-order valence-electron chi connectivity index (χ1n) is 11.2. The van der Waals surface area contributed by atoms with Crippen molar-refractivity contribution in [3.63, 3.8) is 0 Å². The molecule has 0 saturated heterocycles. The maximum Gasteiger partial charge on any atom is 0.313 e. The molecule has 0 unspecified atom stereocenters. The van der Waals surface area contributed by atoms with Gasteiger partial charge in [0.25, 0.3) is 0 Å². The largest absolute Gasteiger partial charge is 0.491 e. The van der Waals surface area contributed by atoms with Crippen LogP contribution in [0.3, 0.4) is 0 Å². The molecule has 0 bridgehead atoms. The van der Waals surface area contributed by atoms with Gasteiger partial charge in [0, 0.05) is 37.2 Å². The van der Waals surface area contributed by atoms with Crippen molar-refractivity contribution in [2.75, 3.05) is 37.5 Å². The number of benzene rings is 2. The second-order valence-electron chi connectivity index (χ2n) is 9.09. The van der Waals surface area contributed by atoms with Crippen LogP contribution >= 0.6 is 0 Å². The van der Waals surface area contributed by atoms with Gasteiger partial charge >= 0.3 is 11.8 Å². The lowest BCUT2D eigenvalue weighted by atomic mass is 9.92. The van der Waals surface area contributed by atoms with Gasteiger partial charge in [-0.1, -0.05) is 20.8 Å². The smallest absolute Gasteiger partial charge is 0.313 e.